The van der Waals surface area contributed by atoms with Crippen molar-refractivity contribution in [2.75, 3.05) is 30.9 Å². The molecule has 1 aliphatic rings. The SMILES string of the molecule is COCCCn1c(SCC(=O)N2CCCc3ccccc32)nnc1-c1ccncc1. The van der Waals surface area contributed by atoms with Gasteiger partial charge in [-0.3, -0.25) is 9.78 Å². The van der Waals surface area contributed by atoms with Gasteiger partial charge in [-0.15, -0.1) is 10.2 Å². The van der Waals surface area contributed by atoms with Crippen molar-refractivity contribution in [1.29, 1.82) is 0 Å². The Kier molecular flexibility index (Phi) is 6.76. The number of hydrogen-bond acceptors (Lipinski definition) is 6. The van der Waals surface area contributed by atoms with Crippen LogP contribution < -0.4 is 4.90 Å². The van der Waals surface area contributed by atoms with Crippen LogP contribution in [0.5, 0.6) is 0 Å². The normalized spacial score (nSPS) is 13.3. The molecular weight excluding hydrogens is 398 g/mol. The van der Waals surface area contributed by atoms with Gasteiger partial charge in [0.25, 0.3) is 0 Å². The number of pyridine rings is 1. The molecule has 3 heterocycles. The number of aromatic nitrogens is 4. The van der Waals surface area contributed by atoms with Crippen molar-refractivity contribution >= 4 is 23.4 Å². The molecule has 1 aliphatic heterocycles. The third-order valence-corrected chi connectivity index (χ3v) is 6.07. The lowest BCUT2D eigenvalue weighted by Gasteiger charge is -2.29. The van der Waals surface area contributed by atoms with Crippen LogP contribution in [0.2, 0.25) is 0 Å². The van der Waals surface area contributed by atoms with Crippen molar-refractivity contribution in [3.05, 3.63) is 54.4 Å². The second-order valence-electron chi connectivity index (χ2n) is 7.11. The van der Waals surface area contributed by atoms with Crippen LogP contribution in [0, 0.1) is 0 Å². The van der Waals surface area contributed by atoms with Gasteiger partial charge in [0.1, 0.15) is 0 Å². The Morgan fingerprint density at radius 1 is 1.17 bits per heavy atom. The van der Waals surface area contributed by atoms with Gasteiger partial charge in [-0.2, -0.15) is 0 Å². The fourth-order valence-electron chi connectivity index (χ4n) is 3.68. The summed E-state index contributed by atoms with van der Waals surface area (Å²) in [6.07, 6.45) is 6.35. The average molecular weight is 424 g/mol. The minimum Gasteiger partial charge on any atom is -0.385 e. The van der Waals surface area contributed by atoms with Gasteiger partial charge in [0, 0.05) is 50.5 Å². The summed E-state index contributed by atoms with van der Waals surface area (Å²) >= 11 is 1.44. The lowest BCUT2D eigenvalue weighted by molar-refractivity contribution is -0.116. The summed E-state index contributed by atoms with van der Waals surface area (Å²) in [5, 5.41) is 9.51. The smallest absolute Gasteiger partial charge is 0.237 e. The minimum atomic E-state index is 0.101. The lowest BCUT2D eigenvalue weighted by atomic mass is 10.0. The number of fused-ring (bicyclic) bond motifs is 1. The Bertz CT molecular complexity index is 992. The minimum absolute atomic E-state index is 0.101. The number of carbonyl (C=O) groups is 1. The molecule has 0 spiro atoms. The number of hydrogen-bond donors (Lipinski definition) is 0. The van der Waals surface area contributed by atoms with E-state index in [1.54, 1.807) is 19.5 Å². The monoisotopic (exact) mass is 423 g/mol. The molecule has 4 rings (SSSR count). The van der Waals surface area contributed by atoms with E-state index in [1.165, 1.54) is 17.3 Å². The van der Waals surface area contributed by atoms with Crippen LogP contribution in [0.3, 0.4) is 0 Å². The van der Waals surface area contributed by atoms with Crippen molar-refractivity contribution in [2.24, 2.45) is 0 Å². The molecule has 0 bridgehead atoms. The van der Waals surface area contributed by atoms with E-state index in [0.29, 0.717) is 12.4 Å². The number of thioether (sulfide) groups is 1. The molecule has 30 heavy (non-hydrogen) atoms. The highest BCUT2D eigenvalue weighted by atomic mass is 32.2. The van der Waals surface area contributed by atoms with E-state index in [2.05, 4.69) is 25.8 Å². The van der Waals surface area contributed by atoms with Gasteiger partial charge in [-0.1, -0.05) is 30.0 Å². The van der Waals surface area contributed by atoms with E-state index in [1.807, 2.05) is 35.2 Å². The van der Waals surface area contributed by atoms with E-state index >= 15 is 0 Å². The van der Waals surface area contributed by atoms with Crippen LogP contribution in [0.25, 0.3) is 11.4 Å². The quantitative estimate of drug-likeness (QED) is 0.408. The fraction of sp³-hybridized carbons (Fsp3) is 0.364. The Balaban J connectivity index is 1.50. The number of anilines is 1. The maximum atomic E-state index is 13.0. The zero-order chi connectivity index (χ0) is 20.8. The Labute approximate surface area is 180 Å². The first kappa shape index (κ1) is 20.6. The van der Waals surface area contributed by atoms with Gasteiger partial charge < -0.3 is 14.2 Å². The molecule has 0 fully saturated rings. The first-order valence-corrected chi connectivity index (χ1v) is 11.1. The van der Waals surface area contributed by atoms with Crippen LogP contribution in [0.4, 0.5) is 5.69 Å². The summed E-state index contributed by atoms with van der Waals surface area (Å²) in [6.45, 7) is 2.14. The second kappa shape index (κ2) is 9.86. The third kappa shape index (κ3) is 4.55. The topological polar surface area (TPSA) is 73.1 Å². The number of para-hydroxylation sites is 1. The highest BCUT2D eigenvalue weighted by Gasteiger charge is 2.23. The Morgan fingerprint density at radius 2 is 2.00 bits per heavy atom. The van der Waals surface area contributed by atoms with E-state index in [0.717, 1.165) is 54.6 Å². The van der Waals surface area contributed by atoms with Crippen LogP contribution in [-0.2, 0) is 22.5 Å². The molecule has 0 radical (unpaired) electrons. The molecule has 0 saturated carbocycles. The molecular formula is C22H25N5O2S. The van der Waals surface area contributed by atoms with E-state index in [-0.39, 0.29) is 5.91 Å². The molecule has 2 aromatic heterocycles. The first-order chi connectivity index (χ1) is 14.8. The maximum absolute atomic E-state index is 13.0. The number of carbonyl (C=O) groups excluding carboxylic acids is 1. The molecule has 7 nitrogen and oxygen atoms in total. The van der Waals surface area contributed by atoms with Crippen molar-refractivity contribution < 1.29 is 9.53 Å². The molecule has 0 atom stereocenters. The zero-order valence-corrected chi connectivity index (χ0v) is 17.8. The number of rotatable bonds is 8. The fourth-order valence-corrected chi connectivity index (χ4v) is 4.52. The second-order valence-corrected chi connectivity index (χ2v) is 8.05. The van der Waals surface area contributed by atoms with E-state index < -0.39 is 0 Å². The standard InChI is InChI=1S/C22H25N5O2S/c1-29-15-5-14-27-21(18-9-11-23-12-10-18)24-25-22(27)30-16-20(28)26-13-4-7-17-6-2-3-8-19(17)26/h2-3,6,8-12H,4-5,7,13-16H2,1H3. The van der Waals surface area contributed by atoms with Crippen LogP contribution in [0.15, 0.2) is 53.9 Å². The predicted octanol–water partition coefficient (Wildman–Crippen LogP) is 3.45. The molecule has 0 N–H and O–H groups in total. The van der Waals surface area contributed by atoms with Gasteiger partial charge in [0.05, 0.1) is 5.75 Å². The lowest BCUT2D eigenvalue weighted by Crippen LogP contribution is -2.36. The first-order valence-electron chi connectivity index (χ1n) is 10.1. The number of benzene rings is 1. The molecule has 3 aromatic rings. The number of amides is 1. The Morgan fingerprint density at radius 3 is 2.83 bits per heavy atom. The van der Waals surface area contributed by atoms with E-state index in [9.17, 15) is 4.79 Å². The van der Waals surface area contributed by atoms with Crippen LogP contribution in [0.1, 0.15) is 18.4 Å². The van der Waals surface area contributed by atoms with Crippen LogP contribution >= 0.6 is 11.8 Å². The maximum Gasteiger partial charge on any atom is 0.237 e. The Hall–Kier alpha value is -2.71. The molecule has 156 valence electrons. The molecule has 0 saturated heterocycles. The molecule has 1 amide bonds. The van der Waals surface area contributed by atoms with Gasteiger partial charge in [0.2, 0.25) is 5.91 Å². The van der Waals surface area contributed by atoms with Crippen molar-refractivity contribution in [1.82, 2.24) is 19.7 Å². The predicted molar refractivity (Wildman–Crippen MR) is 118 cm³/mol. The largest absolute Gasteiger partial charge is 0.385 e. The average Bonchev–Trinajstić information content (AvgIpc) is 3.20. The van der Waals surface area contributed by atoms with Gasteiger partial charge in [0.15, 0.2) is 11.0 Å². The summed E-state index contributed by atoms with van der Waals surface area (Å²) < 4.78 is 7.27. The van der Waals surface area contributed by atoms with E-state index in [4.69, 9.17) is 4.74 Å². The third-order valence-electron chi connectivity index (χ3n) is 5.12. The van der Waals surface area contributed by atoms with Gasteiger partial charge in [-0.25, -0.2) is 0 Å². The van der Waals surface area contributed by atoms with Gasteiger partial charge in [-0.05, 0) is 43.0 Å². The molecule has 8 heteroatoms. The zero-order valence-electron chi connectivity index (χ0n) is 17.0. The summed E-state index contributed by atoms with van der Waals surface area (Å²) in [7, 11) is 1.70. The summed E-state index contributed by atoms with van der Waals surface area (Å²) in [5.41, 5.74) is 3.23. The van der Waals surface area contributed by atoms with Crippen molar-refractivity contribution in [2.45, 2.75) is 31.0 Å². The molecule has 0 aliphatic carbocycles. The highest BCUT2D eigenvalue weighted by Crippen LogP contribution is 2.29. The summed E-state index contributed by atoms with van der Waals surface area (Å²) in [5.74, 6) is 1.21. The molecule has 1 aromatic carbocycles. The highest BCUT2D eigenvalue weighted by molar-refractivity contribution is 7.99. The van der Waals surface area contributed by atoms with Gasteiger partial charge >= 0.3 is 0 Å². The van der Waals surface area contributed by atoms with Crippen LogP contribution in [-0.4, -0.2) is 51.7 Å². The number of aryl methyl sites for hydroxylation is 1. The molecule has 0 unspecified atom stereocenters. The number of nitrogens with zero attached hydrogens (tertiary/aromatic N) is 5. The van der Waals surface area contributed by atoms with Crippen molar-refractivity contribution in [3.63, 3.8) is 0 Å². The number of ether oxygens (including phenoxy) is 1. The number of methoxy groups -OCH3 is 1. The summed E-state index contributed by atoms with van der Waals surface area (Å²) in [6, 6.07) is 12.0. The summed E-state index contributed by atoms with van der Waals surface area (Å²) in [4.78, 5) is 19.0. The van der Waals surface area contributed by atoms with Crippen molar-refractivity contribution in [3.8, 4) is 11.4 Å².